The van der Waals surface area contributed by atoms with Gasteiger partial charge in [-0.15, -0.1) is 48.2 Å². The fraction of sp³-hybridized carbons (Fsp3) is 0.292. The van der Waals surface area contributed by atoms with E-state index in [0.717, 1.165) is 0 Å². The first-order valence-corrected chi connectivity index (χ1v) is 8.89. The van der Waals surface area contributed by atoms with Gasteiger partial charge in [-0.05, 0) is 32.3 Å². The van der Waals surface area contributed by atoms with Crippen molar-refractivity contribution in [2.45, 2.75) is 41.5 Å². The van der Waals surface area contributed by atoms with Crippen LogP contribution in [-0.4, -0.2) is 0 Å². The molecule has 2 aromatic carbocycles. The smallest absolute Gasteiger partial charge is 0.699 e. The third-order valence-electron chi connectivity index (χ3n) is 5.17. The fourth-order valence-corrected chi connectivity index (χ4v) is 3.39. The van der Waals surface area contributed by atoms with Gasteiger partial charge in [-0.2, -0.15) is 17.5 Å². The summed E-state index contributed by atoms with van der Waals surface area (Å²) in [7, 11) is 0. The summed E-state index contributed by atoms with van der Waals surface area (Å²) in [6.45, 7) is 13.5. The Bertz CT molecular complexity index is 795. The van der Waals surface area contributed by atoms with Crippen molar-refractivity contribution in [2.24, 2.45) is 5.92 Å². The van der Waals surface area contributed by atoms with Crippen molar-refractivity contribution in [1.29, 1.82) is 0 Å². The molecule has 1 aliphatic carbocycles. The van der Waals surface area contributed by atoms with Crippen molar-refractivity contribution in [3.63, 3.8) is 0 Å². The third kappa shape index (κ3) is 6.74. The molecule has 1 aliphatic rings. The van der Waals surface area contributed by atoms with Crippen molar-refractivity contribution in [3.05, 3.63) is 94.1 Å². The molecule has 0 aliphatic heterocycles. The second-order valence-corrected chi connectivity index (χ2v) is 6.98. The van der Waals surface area contributed by atoms with E-state index in [9.17, 15) is 0 Å². The molecule has 1 atom stereocenters. The summed E-state index contributed by atoms with van der Waals surface area (Å²) in [5.74, 6) is 1.94. The third-order valence-corrected chi connectivity index (χ3v) is 5.17. The van der Waals surface area contributed by atoms with E-state index >= 15 is 0 Å². The number of benzene rings is 2. The number of rotatable bonds is 2. The van der Waals surface area contributed by atoms with E-state index in [-0.39, 0.29) is 46.5 Å². The number of nitrogens with one attached hydrogen (secondary N) is 1. The zero-order valence-corrected chi connectivity index (χ0v) is 20.8. The van der Waals surface area contributed by atoms with Crippen LogP contribution in [0.4, 0.5) is 5.69 Å². The van der Waals surface area contributed by atoms with Gasteiger partial charge in [0.15, 0.2) is 0 Å². The first-order chi connectivity index (χ1) is 11.8. The minimum absolute atomic E-state index is 0. The van der Waals surface area contributed by atoms with E-state index in [2.05, 4.69) is 65.8 Å². The molecule has 0 radical (unpaired) electrons. The molecule has 3 rings (SSSR count). The molecule has 0 aromatic heterocycles. The molecule has 1 unspecified atom stereocenters. The maximum absolute atomic E-state index is 7.00. The normalized spacial score (nSPS) is 14.9. The number of allylic oxidation sites excluding steroid dienone is 4. The van der Waals surface area contributed by atoms with Gasteiger partial charge in [0.1, 0.15) is 0 Å². The summed E-state index contributed by atoms with van der Waals surface area (Å²) in [4.78, 5) is 0. The molecule has 1 N–H and O–H groups in total. The summed E-state index contributed by atoms with van der Waals surface area (Å²) < 4.78 is 0. The Labute approximate surface area is 198 Å². The van der Waals surface area contributed by atoms with Crippen LogP contribution in [0.15, 0.2) is 71.3 Å². The van der Waals surface area contributed by atoms with Crippen LogP contribution in [0, 0.1) is 11.8 Å². The topological polar surface area (TPSA) is 23.8 Å². The Morgan fingerprint density at radius 2 is 1.29 bits per heavy atom. The minimum atomic E-state index is 0. The molecule has 0 heterocycles. The quantitative estimate of drug-likeness (QED) is 0.322. The molecule has 0 fully saturated rings. The summed E-state index contributed by atoms with van der Waals surface area (Å²) in [5.41, 5.74) is 16.3. The SMILES string of the molecule is CC1=C(C)C(C)C(c2ccccc2[C-](C)C)=C1C.Cl.Cl.[NH-]c1ccccc1.[Ti+2]. The minimum Gasteiger partial charge on any atom is -0.699 e. The Kier molecular flexibility index (Phi) is 13.7. The van der Waals surface area contributed by atoms with Gasteiger partial charge < -0.3 is 5.73 Å². The van der Waals surface area contributed by atoms with Crippen molar-refractivity contribution < 1.29 is 21.7 Å². The first-order valence-electron chi connectivity index (χ1n) is 8.89. The summed E-state index contributed by atoms with van der Waals surface area (Å²) >= 11 is 0. The van der Waals surface area contributed by atoms with Gasteiger partial charge in [0, 0.05) is 0 Å². The molecule has 0 bridgehead atoms. The molecule has 4 heteroatoms. The van der Waals surface area contributed by atoms with Gasteiger partial charge >= 0.3 is 21.7 Å². The number of hydrogen-bond donors (Lipinski definition) is 0. The average Bonchev–Trinajstić information content (AvgIpc) is 2.79. The molecular weight excluding hydrogens is 421 g/mol. The molecule has 28 heavy (non-hydrogen) atoms. The van der Waals surface area contributed by atoms with Gasteiger partial charge in [-0.3, -0.25) is 0 Å². The average molecular weight is 452 g/mol. The van der Waals surface area contributed by atoms with E-state index in [4.69, 9.17) is 5.73 Å². The molecule has 0 spiro atoms. The second-order valence-electron chi connectivity index (χ2n) is 6.98. The van der Waals surface area contributed by atoms with Crippen LogP contribution in [0.1, 0.15) is 52.7 Å². The van der Waals surface area contributed by atoms with E-state index in [1.54, 1.807) is 12.1 Å². The summed E-state index contributed by atoms with van der Waals surface area (Å²) in [5, 5.41) is 0. The van der Waals surface area contributed by atoms with Crippen molar-refractivity contribution in [1.82, 2.24) is 0 Å². The maximum atomic E-state index is 7.00. The Balaban J connectivity index is 0. The Morgan fingerprint density at radius 1 is 0.786 bits per heavy atom. The zero-order valence-electron chi connectivity index (χ0n) is 17.6. The Morgan fingerprint density at radius 3 is 1.68 bits per heavy atom. The van der Waals surface area contributed by atoms with Crippen LogP contribution >= 0.6 is 24.8 Å². The molecular formula is C24H31Cl2NTi. The second kappa shape index (κ2) is 13.2. The molecule has 0 saturated carbocycles. The Hall–Kier alpha value is -1.12. The molecule has 1 nitrogen and oxygen atoms in total. The van der Waals surface area contributed by atoms with Gasteiger partial charge in [0.2, 0.25) is 0 Å². The van der Waals surface area contributed by atoms with Crippen molar-refractivity contribution in [2.75, 3.05) is 0 Å². The van der Waals surface area contributed by atoms with Crippen LogP contribution in [0.5, 0.6) is 0 Å². The molecule has 150 valence electrons. The zero-order chi connectivity index (χ0) is 18.6. The van der Waals surface area contributed by atoms with Gasteiger partial charge in [0.05, 0.1) is 0 Å². The standard InChI is InChI=1S/C18H23.C6H6N.2ClH.Ti/c1-11(2)16-9-7-8-10-17(16)18-14(5)12(3)13(4)15(18)6;7-6-4-2-1-3-5-6;;;/h7-10,14H,1-6H3;1-5,7H;2*1H;/q2*-1;;;+2. The van der Waals surface area contributed by atoms with Crippen LogP contribution in [0.25, 0.3) is 11.3 Å². The monoisotopic (exact) mass is 451 g/mol. The van der Waals surface area contributed by atoms with E-state index in [0.29, 0.717) is 11.6 Å². The molecule has 0 saturated heterocycles. The first kappa shape index (κ1) is 29.1. The van der Waals surface area contributed by atoms with Crippen LogP contribution < -0.4 is 0 Å². The van der Waals surface area contributed by atoms with E-state index in [1.807, 2.05) is 18.2 Å². The maximum Gasteiger partial charge on any atom is 2.00 e. The summed E-state index contributed by atoms with van der Waals surface area (Å²) in [6, 6.07) is 17.9. The van der Waals surface area contributed by atoms with E-state index < -0.39 is 0 Å². The van der Waals surface area contributed by atoms with Gasteiger partial charge in [0.25, 0.3) is 0 Å². The van der Waals surface area contributed by atoms with Crippen LogP contribution in [0.2, 0.25) is 0 Å². The van der Waals surface area contributed by atoms with Crippen molar-refractivity contribution >= 4 is 36.1 Å². The summed E-state index contributed by atoms with van der Waals surface area (Å²) in [6.07, 6.45) is 0. The predicted molar refractivity (Wildman–Crippen MR) is 125 cm³/mol. The van der Waals surface area contributed by atoms with Gasteiger partial charge in [-0.25, -0.2) is 0 Å². The number of halogens is 2. The van der Waals surface area contributed by atoms with E-state index in [1.165, 1.54) is 39.3 Å². The van der Waals surface area contributed by atoms with Crippen LogP contribution in [0.3, 0.4) is 0 Å². The largest absolute Gasteiger partial charge is 2.00 e. The fourth-order valence-electron chi connectivity index (χ4n) is 3.39. The molecule has 2 aromatic rings. The predicted octanol–water partition coefficient (Wildman–Crippen LogP) is 8.62. The number of hydrogen-bond acceptors (Lipinski definition) is 0. The molecule has 0 amide bonds. The van der Waals surface area contributed by atoms with Crippen molar-refractivity contribution in [3.8, 4) is 0 Å². The van der Waals surface area contributed by atoms with Gasteiger partial charge in [-0.1, -0.05) is 73.9 Å². The van der Waals surface area contributed by atoms with Crippen LogP contribution in [-0.2, 0) is 21.7 Å².